The van der Waals surface area contributed by atoms with E-state index in [1.54, 1.807) is 11.8 Å². The Labute approximate surface area is 205 Å². The van der Waals surface area contributed by atoms with E-state index >= 15 is 0 Å². The lowest BCUT2D eigenvalue weighted by atomic mass is 10.1. The lowest BCUT2D eigenvalue weighted by Crippen LogP contribution is -2.25. The van der Waals surface area contributed by atoms with Crippen LogP contribution in [0.25, 0.3) is 16.9 Å². The summed E-state index contributed by atoms with van der Waals surface area (Å²) in [5, 5.41) is 4.85. The Hall–Kier alpha value is -3.89. The van der Waals surface area contributed by atoms with Gasteiger partial charge in [-0.2, -0.15) is 0 Å². The number of para-hydroxylation sites is 1. The molecule has 9 nitrogen and oxygen atoms in total. The number of carbonyl (C=O) groups excluding carboxylic acids is 1. The van der Waals surface area contributed by atoms with Crippen molar-refractivity contribution in [2.24, 2.45) is 12.0 Å². The highest BCUT2D eigenvalue weighted by molar-refractivity contribution is 7.07. The minimum Gasteiger partial charge on any atom is -0.482 e. The molecule has 180 valence electrons. The van der Waals surface area contributed by atoms with Crippen LogP contribution in [-0.4, -0.2) is 40.2 Å². The first-order valence-corrected chi connectivity index (χ1v) is 12.0. The number of anilines is 1. The maximum absolute atomic E-state index is 13.4. The molecule has 0 saturated carbocycles. The highest BCUT2D eigenvalue weighted by Crippen LogP contribution is 2.33. The van der Waals surface area contributed by atoms with Crippen LogP contribution in [0, 0.1) is 6.92 Å². The zero-order valence-electron chi connectivity index (χ0n) is 19.6. The maximum Gasteiger partial charge on any atom is 0.297 e. The molecule has 10 heteroatoms. The number of nitrogens with zero attached hydrogens (tertiary/aromatic N) is 4. The van der Waals surface area contributed by atoms with Gasteiger partial charge in [0.15, 0.2) is 17.1 Å². The van der Waals surface area contributed by atoms with Crippen molar-refractivity contribution in [3.63, 3.8) is 0 Å². The zero-order valence-corrected chi connectivity index (χ0v) is 20.5. The predicted octanol–water partition coefficient (Wildman–Crippen LogP) is 3.22. The topological polar surface area (TPSA) is 91.8 Å². The number of benzene rings is 2. The molecule has 35 heavy (non-hydrogen) atoms. The van der Waals surface area contributed by atoms with Crippen LogP contribution in [0.5, 0.6) is 5.75 Å². The minimum atomic E-state index is -0.183. The monoisotopic (exact) mass is 491 g/mol. The molecule has 1 aliphatic heterocycles. The Morgan fingerprint density at radius 1 is 1.17 bits per heavy atom. The Kier molecular flexibility index (Phi) is 6.14. The SMILES string of the molecule is COCCn1c(-c2ccc3c(c2)NC(=O)CO3)csc1=Nc1c(C)n(C)n(-c2ccccc2)c1=O. The van der Waals surface area contributed by atoms with E-state index in [1.807, 2.05) is 77.1 Å². The highest BCUT2D eigenvalue weighted by Gasteiger charge is 2.19. The number of hydrogen-bond donors (Lipinski definition) is 1. The average Bonchev–Trinajstić information content (AvgIpc) is 3.36. The molecule has 0 unspecified atom stereocenters. The zero-order chi connectivity index (χ0) is 24.5. The van der Waals surface area contributed by atoms with Crippen molar-refractivity contribution in [1.82, 2.24) is 13.9 Å². The molecule has 0 saturated heterocycles. The van der Waals surface area contributed by atoms with E-state index < -0.39 is 0 Å². The first-order valence-electron chi connectivity index (χ1n) is 11.1. The van der Waals surface area contributed by atoms with Gasteiger partial charge in [-0.3, -0.25) is 14.3 Å². The predicted molar refractivity (Wildman–Crippen MR) is 135 cm³/mol. The van der Waals surface area contributed by atoms with Crippen molar-refractivity contribution in [3.8, 4) is 22.7 Å². The number of methoxy groups -OCH3 is 1. The van der Waals surface area contributed by atoms with Gasteiger partial charge in [0.2, 0.25) is 0 Å². The molecule has 4 aromatic rings. The van der Waals surface area contributed by atoms with Gasteiger partial charge in [0.25, 0.3) is 11.5 Å². The Morgan fingerprint density at radius 3 is 2.74 bits per heavy atom. The van der Waals surface area contributed by atoms with E-state index in [0.29, 0.717) is 35.1 Å². The summed E-state index contributed by atoms with van der Waals surface area (Å²) in [4.78, 5) is 30.7. The summed E-state index contributed by atoms with van der Waals surface area (Å²) in [5.41, 5.74) is 4.19. The second-order valence-electron chi connectivity index (χ2n) is 8.12. The molecule has 5 rings (SSSR count). The van der Waals surface area contributed by atoms with E-state index in [2.05, 4.69) is 5.32 Å². The highest BCUT2D eigenvalue weighted by atomic mass is 32.1. The maximum atomic E-state index is 13.4. The molecule has 2 aromatic carbocycles. The Bertz CT molecular complexity index is 1530. The third-order valence-electron chi connectivity index (χ3n) is 5.96. The minimum absolute atomic E-state index is 0.0125. The Morgan fingerprint density at radius 2 is 1.97 bits per heavy atom. The van der Waals surface area contributed by atoms with Gasteiger partial charge in [-0.25, -0.2) is 9.67 Å². The lowest BCUT2D eigenvalue weighted by molar-refractivity contribution is -0.118. The molecule has 0 bridgehead atoms. The smallest absolute Gasteiger partial charge is 0.297 e. The third-order valence-corrected chi connectivity index (χ3v) is 6.82. The molecule has 1 N–H and O–H groups in total. The number of fused-ring (bicyclic) bond motifs is 1. The fourth-order valence-corrected chi connectivity index (χ4v) is 5.01. The molecule has 0 atom stereocenters. The second-order valence-corrected chi connectivity index (χ2v) is 8.95. The average molecular weight is 492 g/mol. The fraction of sp³-hybridized carbons (Fsp3) is 0.240. The van der Waals surface area contributed by atoms with Gasteiger partial charge in [0.1, 0.15) is 5.75 Å². The van der Waals surface area contributed by atoms with Crippen LogP contribution in [0.3, 0.4) is 0 Å². The lowest BCUT2D eigenvalue weighted by Gasteiger charge is -2.19. The molecule has 0 radical (unpaired) electrons. The van der Waals surface area contributed by atoms with Crippen LogP contribution in [0.2, 0.25) is 0 Å². The van der Waals surface area contributed by atoms with E-state index in [9.17, 15) is 9.59 Å². The molecular formula is C25H25N5O4S. The molecule has 1 aliphatic rings. The van der Waals surface area contributed by atoms with E-state index in [1.165, 1.54) is 11.3 Å². The van der Waals surface area contributed by atoms with Crippen molar-refractivity contribution in [1.29, 1.82) is 0 Å². The number of thiazole rings is 1. The van der Waals surface area contributed by atoms with Crippen molar-refractivity contribution in [2.75, 3.05) is 25.6 Å². The number of rotatable bonds is 6. The molecule has 0 aliphatic carbocycles. The molecule has 0 spiro atoms. The summed E-state index contributed by atoms with van der Waals surface area (Å²) in [6.45, 7) is 2.93. The van der Waals surface area contributed by atoms with E-state index in [4.69, 9.17) is 14.5 Å². The summed E-state index contributed by atoms with van der Waals surface area (Å²) >= 11 is 1.45. The third kappa shape index (κ3) is 4.22. The number of aromatic nitrogens is 3. The first kappa shape index (κ1) is 22.9. The fourth-order valence-electron chi connectivity index (χ4n) is 4.07. The van der Waals surface area contributed by atoms with Gasteiger partial charge >= 0.3 is 0 Å². The molecule has 2 aromatic heterocycles. The number of carbonyl (C=O) groups is 1. The number of nitrogens with one attached hydrogen (secondary N) is 1. The Balaban J connectivity index is 1.63. The largest absolute Gasteiger partial charge is 0.482 e. The number of hydrogen-bond acceptors (Lipinski definition) is 6. The number of ether oxygens (including phenoxy) is 2. The van der Waals surface area contributed by atoms with Crippen LogP contribution in [0.4, 0.5) is 11.4 Å². The quantitative estimate of drug-likeness (QED) is 0.448. The molecular weight excluding hydrogens is 466 g/mol. The second kappa shape index (κ2) is 9.40. The van der Waals surface area contributed by atoms with Gasteiger partial charge in [-0.1, -0.05) is 18.2 Å². The van der Waals surface area contributed by atoms with Crippen LogP contribution in [-0.2, 0) is 23.1 Å². The number of amides is 1. The van der Waals surface area contributed by atoms with Crippen LogP contribution < -0.4 is 20.4 Å². The van der Waals surface area contributed by atoms with Gasteiger partial charge < -0.3 is 19.4 Å². The van der Waals surface area contributed by atoms with Crippen LogP contribution in [0.15, 0.2) is 63.7 Å². The van der Waals surface area contributed by atoms with Gasteiger partial charge in [0.05, 0.1) is 29.4 Å². The van der Waals surface area contributed by atoms with Crippen molar-refractivity contribution < 1.29 is 14.3 Å². The summed E-state index contributed by atoms with van der Waals surface area (Å²) in [6, 6.07) is 15.2. The van der Waals surface area contributed by atoms with Crippen molar-refractivity contribution >= 4 is 28.6 Å². The van der Waals surface area contributed by atoms with Gasteiger partial charge in [0, 0.05) is 31.6 Å². The van der Waals surface area contributed by atoms with Crippen molar-refractivity contribution in [2.45, 2.75) is 13.5 Å². The normalized spacial score (nSPS) is 13.5. The van der Waals surface area contributed by atoms with Crippen molar-refractivity contribution in [3.05, 3.63) is 74.8 Å². The molecule has 0 fully saturated rings. The first-order chi connectivity index (χ1) is 17.0. The summed E-state index contributed by atoms with van der Waals surface area (Å²) in [7, 11) is 3.50. The summed E-state index contributed by atoms with van der Waals surface area (Å²) < 4.78 is 16.3. The molecule has 1 amide bonds. The van der Waals surface area contributed by atoms with E-state index in [0.717, 1.165) is 22.6 Å². The standard InChI is InChI=1S/C25H25N5O4S/c1-16-23(24(32)30(28(16)2)18-7-5-4-6-8-18)27-25-29(11-12-33-3)20(15-35-25)17-9-10-21-19(13-17)26-22(31)14-34-21/h4-10,13,15H,11-12,14H2,1-3H3,(H,26,31). The summed E-state index contributed by atoms with van der Waals surface area (Å²) in [5.74, 6) is 0.454. The van der Waals surface area contributed by atoms with Crippen LogP contribution >= 0.6 is 11.3 Å². The van der Waals surface area contributed by atoms with Gasteiger partial charge in [-0.15, -0.1) is 11.3 Å². The molecule has 3 heterocycles. The van der Waals surface area contributed by atoms with Gasteiger partial charge in [-0.05, 0) is 37.3 Å². The van der Waals surface area contributed by atoms with E-state index in [-0.39, 0.29) is 18.1 Å². The summed E-state index contributed by atoms with van der Waals surface area (Å²) in [6.07, 6.45) is 0. The van der Waals surface area contributed by atoms with Crippen LogP contribution in [0.1, 0.15) is 5.69 Å².